The van der Waals surface area contributed by atoms with E-state index in [9.17, 15) is 4.79 Å². The Labute approximate surface area is 188 Å². The molecule has 2 aliphatic carbocycles. The molecule has 4 heteroatoms. The van der Waals surface area contributed by atoms with Crippen LogP contribution in [0.5, 0.6) is 0 Å². The molecule has 1 aliphatic heterocycles. The minimum Gasteiger partial charge on any atom is -0.469 e. The fourth-order valence-electron chi connectivity index (χ4n) is 7.31. The van der Waals surface area contributed by atoms with Crippen molar-refractivity contribution in [3.05, 3.63) is 35.8 Å². The van der Waals surface area contributed by atoms with Gasteiger partial charge in [-0.1, -0.05) is 31.9 Å². The number of ether oxygens (including phenoxy) is 1. The largest absolute Gasteiger partial charge is 0.469 e. The van der Waals surface area contributed by atoms with Crippen LogP contribution in [0.2, 0.25) is 0 Å². The average Bonchev–Trinajstić information content (AvgIpc) is 3.20. The molecule has 0 aromatic carbocycles. The van der Waals surface area contributed by atoms with Crippen LogP contribution in [0.3, 0.4) is 0 Å². The number of rotatable bonds is 6. The number of aryl methyl sites for hydroxylation is 1. The predicted molar refractivity (Wildman–Crippen MR) is 124 cm³/mol. The molecule has 0 spiro atoms. The molecule has 4 rings (SSSR count). The summed E-state index contributed by atoms with van der Waals surface area (Å²) in [6, 6.07) is 2.17. The fraction of sp³-hybridized carbons (Fsp3) is 0.741. The van der Waals surface area contributed by atoms with Gasteiger partial charge in [-0.15, -0.1) is 0 Å². The van der Waals surface area contributed by atoms with Gasteiger partial charge in [0.15, 0.2) is 0 Å². The molecule has 2 heterocycles. The molecule has 2 saturated carbocycles. The van der Waals surface area contributed by atoms with Crippen molar-refractivity contribution in [3.8, 4) is 0 Å². The smallest absolute Gasteiger partial charge is 0.311 e. The quantitative estimate of drug-likeness (QED) is 0.403. The number of carbonyl (C=O) groups is 1. The van der Waals surface area contributed by atoms with Crippen molar-refractivity contribution in [1.29, 1.82) is 0 Å². The highest BCUT2D eigenvalue weighted by molar-refractivity contribution is 5.77. The Balaban J connectivity index is 1.49. The molecule has 1 saturated heterocycles. The summed E-state index contributed by atoms with van der Waals surface area (Å²) in [7, 11) is 1.54. The van der Waals surface area contributed by atoms with Gasteiger partial charge in [0, 0.05) is 0 Å². The van der Waals surface area contributed by atoms with Crippen molar-refractivity contribution in [2.24, 2.45) is 22.7 Å². The van der Waals surface area contributed by atoms with Crippen molar-refractivity contribution in [3.63, 3.8) is 0 Å². The highest BCUT2D eigenvalue weighted by Gasteiger charge is 2.57. The highest BCUT2D eigenvalue weighted by Crippen LogP contribution is 2.62. The van der Waals surface area contributed by atoms with Gasteiger partial charge >= 0.3 is 5.97 Å². The molecule has 0 radical (unpaired) electrons. The summed E-state index contributed by atoms with van der Waals surface area (Å²) < 4.78 is 11.2. The Morgan fingerprint density at radius 3 is 2.74 bits per heavy atom. The van der Waals surface area contributed by atoms with Crippen LogP contribution in [-0.4, -0.2) is 31.1 Å². The van der Waals surface area contributed by atoms with E-state index in [1.54, 1.807) is 7.11 Å². The summed E-state index contributed by atoms with van der Waals surface area (Å²) in [4.78, 5) is 15.3. The van der Waals surface area contributed by atoms with Gasteiger partial charge in [-0.2, -0.15) is 0 Å². The number of carbonyl (C=O) groups excluding carboxylic acids is 1. The van der Waals surface area contributed by atoms with E-state index >= 15 is 0 Å². The summed E-state index contributed by atoms with van der Waals surface area (Å²) >= 11 is 0. The predicted octanol–water partition coefficient (Wildman–Crippen LogP) is 6.15. The van der Waals surface area contributed by atoms with Crippen molar-refractivity contribution in [2.45, 2.75) is 84.6 Å². The van der Waals surface area contributed by atoms with Crippen LogP contribution in [0.1, 0.15) is 83.0 Å². The summed E-state index contributed by atoms with van der Waals surface area (Å²) in [6.45, 7) is 12.4. The lowest BCUT2D eigenvalue weighted by Crippen LogP contribution is -2.53. The standard InChI is InChI=1S/C27H41NO3/c1-20-9-12-24-26(2,14-8-15-27(24,3)25(29)30-4)22(20)11-10-21-13-18-31-23(21)19-28-16-6-5-7-17-28/h13,18,22,24H,1,5-12,14-17,19H2,2-4H3/t22-,24+,26+,27-/m0/s1. The van der Waals surface area contributed by atoms with Crippen LogP contribution in [0.25, 0.3) is 0 Å². The summed E-state index contributed by atoms with van der Waals surface area (Å²) in [5.74, 6) is 1.95. The zero-order valence-electron chi connectivity index (χ0n) is 19.9. The molecule has 0 bridgehead atoms. The fourth-order valence-corrected chi connectivity index (χ4v) is 7.31. The van der Waals surface area contributed by atoms with Crippen LogP contribution >= 0.6 is 0 Å². The lowest BCUT2D eigenvalue weighted by Gasteiger charge is -2.57. The number of fused-ring (bicyclic) bond motifs is 1. The maximum atomic E-state index is 12.8. The molecule has 3 fully saturated rings. The first-order chi connectivity index (χ1) is 14.9. The van der Waals surface area contributed by atoms with Crippen molar-refractivity contribution in [2.75, 3.05) is 20.2 Å². The Hall–Kier alpha value is -1.55. The molecule has 4 atom stereocenters. The third kappa shape index (κ3) is 4.25. The Bertz CT molecular complexity index is 792. The van der Waals surface area contributed by atoms with Crippen LogP contribution in [0.15, 0.2) is 28.9 Å². The summed E-state index contributed by atoms with van der Waals surface area (Å²) in [5.41, 5.74) is 2.49. The number of methoxy groups -OCH3 is 1. The Kier molecular flexibility index (Phi) is 6.67. The van der Waals surface area contributed by atoms with Gasteiger partial charge in [0.05, 0.1) is 25.3 Å². The highest BCUT2D eigenvalue weighted by atomic mass is 16.5. The van der Waals surface area contributed by atoms with Gasteiger partial charge in [-0.25, -0.2) is 0 Å². The number of piperidine rings is 1. The number of hydrogen-bond acceptors (Lipinski definition) is 4. The minimum atomic E-state index is -0.365. The first-order valence-corrected chi connectivity index (χ1v) is 12.4. The SMILES string of the molecule is C=C1CC[C@@H]2[C@](C)(CCC[C@]2(C)C(=O)OC)[C@H]1CCc1ccoc1CN1CCCCC1. The molecule has 0 amide bonds. The maximum Gasteiger partial charge on any atom is 0.311 e. The molecule has 4 nitrogen and oxygen atoms in total. The van der Waals surface area contributed by atoms with Crippen LogP contribution < -0.4 is 0 Å². The lowest BCUT2D eigenvalue weighted by atomic mass is 9.46. The topological polar surface area (TPSA) is 42.7 Å². The summed E-state index contributed by atoms with van der Waals surface area (Å²) in [5, 5.41) is 0. The Morgan fingerprint density at radius 2 is 2.00 bits per heavy atom. The van der Waals surface area contributed by atoms with E-state index in [-0.39, 0.29) is 16.8 Å². The molecule has 172 valence electrons. The van der Waals surface area contributed by atoms with E-state index in [1.165, 1.54) is 49.9 Å². The molecular weight excluding hydrogens is 386 g/mol. The van der Waals surface area contributed by atoms with Crippen molar-refractivity contribution in [1.82, 2.24) is 4.90 Å². The third-order valence-electron chi connectivity index (χ3n) is 9.03. The van der Waals surface area contributed by atoms with Crippen LogP contribution in [-0.2, 0) is 22.5 Å². The minimum absolute atomic E-state index is 0.0201. The second kappa shape index (κ2) is 9.13. The molecule has 0 unspecified atom stereocenters. The van der Waals surface area contributed by atoms with Crippen LogP contribution in [0, 0.1) is 22.7 Å². The van der Waals surface area contributed by atoms with Gasteiger partial charge in [-0.05, 0) is 100 Å². The van der Waals surface area contributed by atoms with E-state index in [1.807, 2.05) is 6.26 Å². The van der Waals surface area contributed by atoms with E-state index in [0.29, 0.717) is 11.8 Å². The van der Waals surface area contributed by atoms with E-state index in [4.69, 9.17) is 9.15 Å². The number of nitrogens with zero attached hydrogens (tertiary/aromatic N) is 1. The lowest BCUT2D eigenvalue weighted by molar-refractivity contribution is -0.168. The zero-order chi connectivity index (χ0) is 22.1. The van der Waals surface area contributed by atoms with Gasteiger partial charge in [-0.3, -0.25) is 9.69 Å². The van der Waals surface area contributed by atoms with Crippen molar-refractivity contribution < 1.29 is 13.9 Å². The summed E-state index contributed by atoms with van der Waals surface area (Å²) in [6.07, 6.45) is 13.3. The number of esters is 1. The number of allylic oxidation sites excluding steroid dienone is 1. The van der Waals surface area contributed by atoms with Gasteiger partial charge < -0.3 is 9.15 Å². The molecule has 31 heavy (non-hydrogen) atoms. The molecule has 3 aliphatic rings. The van der Waals surface area contributed by atoms with Crippen LogP contribution in [0.4, 0.5) is 0 Å². The number of hydrogen-bond donors (Lipinski definition) is 0. The van der Waals surface area contributed by atoms with Gasteiger partial charge in [0.2, 0.25) is 0 Å². The van der Waals surface area contributed by atoms with Crippen molar-refractivity contribution >= 4 is 5.97 Å². The number of likely N-dealkylation sites (tertiary alicyclic amines) is 1. The first kappa shape index (κ1) is 22.6. The molecular formula is C27H41NO3. The molecule has 1 aromatic heterocycles. The van der Waals surface area contributed by atoms with E-state index in [2.05, 4.69) is 31.4 Å². The second-order valence-electron chi connectivity index (χ2n) is 10.8. The normalized spacial score (nSPS) is 34.4. The van der Waals surface area contributed by atoms with E-state index in [0.717, 1.165) is 50.8 Å². The zero-order valence-corrected chi connectivity index (χ0v) is 19.9. The maximum absolute atomic E-state index is 12.8. The van der Waals surface area contributed by atoms with Gasteiger partial charge in [0.25, 0.3) is 0 Å². The number of furan rings is 1. The first-order valence-electron chi connectivity index (χ1n) is 12.4. The average molecular weight is 428 g/mol. The molecule has 0 N–H and O–H groups in total. The molecule has 1 aromatic rings. The third-order valence-corrected chi connectivity index (χ3v) is 9.03. The monoisotopic (exact) mass is 427 g/mol. The second-order valence-corrected chi connectivity index (χ2v) is 10.8. The van der Waals surface area contributed by atoms with E-state index < -0.39 is 0 Å². The Morgan fingerprint density at radius 1 is 1.23 bits per heavy atom. The van der Waals surface area contributed by atoms with Gasteiger partial charge in [0.1, 0.15) is 5.76 Å².